The van der Waals surface area contributed by atoms with Gasteiger partial charge in [0.1, 0.15) is 5.82 Å². The molecule has 0 aromatic heterocycles. The minimum Gasteiger partial charge on any atom is -0.396 e. The Morgan fingerprint density at radius 3 is 2.35 bits per heavy atom. The third kappa shape index (κ3) is 3.20. The Hall–Kier alpha value is -2.38. The lowest BCUT2D eigenvalue weighted by Crippen LogP contribution is -2.38. The molecule has 1 atom stereocenters. The second-order valence-electron chi connectivity index (χ2n) is 6.38. The second kappa shape index (κ2) is 6.02. The van der Waals surface area contributed by atoms with Gasteiger partial charge in [-0.2, -0.15) is 5.26 Å². The number of nitriles is 1. The smallest absolute Gasteiger partial charge is 0.146 e. The van der Waals surface area contributed by atoms with Crippen LogP contribution in [0.25, 0.3) is 0 Å². The summed E-state index contributed by atoms with van der Waals surface area (Å²) in [6.07, 6.45) is 4.33. The zero-order valence-corrected chi connectivity index (χ0v) is 12.9. The van der Waals surface area contributed by atoms with E-state index < -0.39 is 11.4 Å². The third-order valence-electron chi connectivity index (χ3n) is 4.68. The number of anilines is 1. The maximum absolute atomic E-state index is 13.5. The monoisotopic (exact) mass is 309 g/mol. The van der Waals surface area contributed by atoms with Gasteiger partial charge in [0, 0.05) is 0 Å². The van der Waals surface area contributed by atoms with E-state index in [-0.39, 0.29) is 5.69 Å². The molecule has 1 unspecified atom stereocenters. The normalized spacial score (nSPS) is 16.6. The molecule has 3 nitrogen and oxygen atoms in total. The molecule has 0 aliphatic heterocycles. The number of benzene rings is 2. The van der Waals surface area contributed by atoms with Crippen molar-refractivity contribution in [2.45, 2.75) is 31.2 Å². The largest absolute Gasteiger partial charge is 0.396 e. The Kier molecular flexibility index (Phi) is 4.06. The molecular formula is C19H20FN3. The van der Waals surface area contributed by atoms with Crippen molar-refractivity contribution < 1.29 is 4.39 Å². The number of nitrogens with zero attached hydrogens (tertiary/aromatic N) is 1. The standard InChI is InChI=1S/C19H20FN3/c20-17-8-7-16(11-18(17)22)19(23,10-9-13-1-2-13)15-5-3-14(12-21)4-6-15/h3-8,11,13H,1-2,9-10,22-23H2. The van der Waals surface area contributed by atoms with Crippen molar-refractivity contribution in [2.75, 3.05) is 5.73 Å². The van der Waals surface area contributed by atoms with Crippen molar-refractivity contribution in [3.8, 4) is 6.07 Å². The highest BCUT2D eigenvalue weighted by atomic mass is 19.1. The van der Waals surface area contributed by atoms with Crippen LogP contribution in [-0.4, -0.2) is 0 Å². The summed E-state index contributed by atoms with van der Waals surface area (Å²) >= 11 is 0. The van der Waals surface area contributed by atoms with Gasteiger partial charge in [0.15, 0.2) is 0 Å². The molecule has 1 aliphatic carbocycles. The molecule has 2 aromatic carbocycles. The zero-order valence-electron chi connectivity index (χ0n) is 12.9. The molecule has 1 saturated carbocycles. The summed E-state index contributed by atoms with van der Waals surface area (Å²) in [6.45, 7) is 0. The van der Waals surface area contributed by atoms with Crippen LogP contribution in [0.1, 0.15) is 42.4 Å². The first-order valence-electron chi connectivity index (χ1n) is 7.88. The van der Waals surface area contributed by atoms with Crippen LogP contribution in [-0.2, 0) is 5.54 Å². The summed E-state index contributed by atoms with van der Waals surface area (Å²) in [7, 11) is 0. The van der Waals surface area contributed by atoms with Crippen molar-refractivity contribution in [3.05, 3.63) is 65.0 Å². The Morgan fingerprint density at radius 1 is 1.13 bits per heavy atom. The molecule has 0 spiro atoms. The van der Waals surface area contributed by atoms with Crippen molar-refractivity contribution in [1.29, 1.82) is 5.26 Å². The molecule has 4 N–H and O–H groups in total. The predicted octanol–water partition coefficient (Wildman–Crippen LogP) is 3.67. The quantitative estimate of drug-likeness (QED) is 0.827. The molecule has 1 aliphatic rings. The predicted molar refractivity (Wildman–Crippen MR) is 88.9 cm³/mol. The highest BCUT2D eigenvalue weighted by molar-refractivity contribution is 5.49. The number of nitrogens with two attached hydrogens (primary N) is 2. The van der Waals surface area contributed by atoms with E-state index >= 15 is 0 Å². The topological polar surface area (TPSA) is 75.8 Å². The lowest BCUT2D eigenvalue weighted by molar-refractivity contribution is 0.454. The number of hydrogen-bond acceptors (Lipinski definition) is 3. The first-order chi connectivity index (χ1) is 11.0. The van der Waals surface area contributed by atoms with E-state index in [2.05, 4.69) is 6.07 Å². The summed E-state index contributed by atoms with van der Waals surface area (Å²) < 4.78 is 13.5. The van der Waals surface area contributed by atoms with E-state index in [4.69, 9.17) is 16.7 Å². The van der Waals surface area contributed by atoms with Gasteiger partial charge in [-0.15, -0.1) is 0 Å². The summed E-state index contributed by atoms with van der Waals surface area (Å²) in [4.78, 5) is 0. The molecule has 0 bridgehead atoms. The summed E-state index contributed by atoms with van der Waals surface area (Å²) in [6, 6.07) is 14.1. The first-order valence-corrected chi connectivity index (χ1v) is 7.88. The van der Waals surface area contributed by atoms with E-state index in [0.29, 0.717) is 5.56 Å². The molecule has 0 amide bonds. The molecule has 0 heterocycles. The Morgan fingerprint density at radius 2 is 1.78 bits per heavy atom. The lowest BCUT2D eigenvalue weighted by Gasteiger charge is -2.31. The number of halogens is 1. The van der Waals surface area contributed by atoms with Gasteiger partial charge in [-0.3, -0.25) is 0 Å². The van der Waals surface area contributed by atoms with Crippen LogP contribution in [0.5, 0.6) is 0 Å². The van der Waals surface area contributed by atoms with Gasteiger partial charge >= 0.3 is 0 Å². The molecule has 0 radical (unpaired) electrons. The Balaban J connectivity index is 2.00. The van der Waals surface area contributed by atoms with E-state index in [1.54, 1.807) is 24.3 Å². The van der Waals surface area contributed by atoms with E-state index in [9.17, 15) is 4.39 Å². The van der Waals surface area contributed by atoms with Gasteiger partial charge in [-0.1, -0.05) is 31.0 Å². The van der Waals surface area contributed by atoms with Crippen molar-refractivity contribution in [3.63, 3.8) is 0 Å². The van der Waals surface area contributed by atoms with Crippen LogP contribution >= 0.6 is 0 Å². The fraction of sp³-hybridized carbons (Fsp3) is 0.316. The van der Waals surface area contributed by atoms with Crippen molar-refractivity contribution in [2.24, 2.45) is 11.7 Å². The van der Waals surface area contributed by atoms with Crippen molar-refractivity contribution in [1.82, 2.24) is 0 Å². The summed E-state index contributed by atoms with van der Waals surface area (Å²) in [5.74, 6) is 0.312. The average Bonchev–Trinajstić information content (AvgIpc) is 3.39. The number of nitrogen functional groups attached to an aromatic ring is 1. The van der Waals surface area contributed by atoms with Gasteiger partial charge in [0.2, 0.25) is 0 Å². The van der Waals surface area contributed by atoms with Gasteiger partial charge in [0.25, 0.3) is 0 Å². The maximum Gasteiger partial charge on any atom is 0.146 e. The van der Waals surface area contributed by atoms with Crippen molar-refractivity contribution >= 4 is 5.69 Å². The summed E-state index contributed by atoms with van der Waals surface area (Å²) in [5, 5.41) is 8.96. The second-order valence-corrected chi connectivity index (χ2v) is 6.38. The van der Waals surface area contributed by atoms with Crippen LogP contribution in [0.4, 0.5) is 10.1 Å². The minimum atomic E-state index is -0.724. The van der Waals surface area contributed by atoms with Gasteiger partial charge in [-0.25, -0.2) is 4.39 Å². The van der Waals surface area contributed by atoms with Gasteiger partial charge < -0.3 is 11.5 Å². The molecule has 0 saturated heterocycles. The first kappa shape index (κ1) is 15.5. The molecule has 118 valence electrons. The Labute approximate surface area is 135 Å². The molecule has 23 heavy (non-hydrogen) atoms. The van der Waals surface area contributed by atoms with Crippen LogP contribution in [0.3, 0.4) is 0 Å². The highest BCUT2D eigenvalue weighted by Crippen LogP contribution is 2.40. The minimum absolute atomic E-state index is 0.109. The van der Waals surface area contributed by atoms with E-state index in [1.807, 2.05) is 12.1 Å². The number of rotatable bonds is 5. The molecule has 2 aromatic rings. The molecular weight excluding hydrogens is 289 g/mol. The zero-order chi connectivity index (χ0) is 16.4. The average molecular weight is 309 g/mol. The molecule has 1 fully saturated rings. The fourth-order valence-corrected chi connectivity index (χ4v) is 2.96. The lowest BCUT2D eigenvalue weighted by atomic mass is 9.79. The Bertz CT molecular complexity index is 744. The van der Waals surface area contributed by atoms with Crippen LogP contribution in [0.2, 0.25) is 0 Å². The SMILES string of the molecule is N#Cc1ccc(C(N)(CCC2CC2)c2ccc(F)c(N)c2)cc1. The summed E-state index contributed by atoms with van der Waals surface area (Å²) in [5.41, 5.74) is 14.2. The van der Waals surface area contributed by atoms with Crippen LogP contribution in [0.15, 0.2) is 42.5 Å². The third-order valence-corrected chi connectivity index (χ3v) is 4.68. The molecule has 3 rings (SSSR count). The van der Waals surface area contributed by atoms with E-state index in [0.717, 1.165) is 29.9 Å². The van der Waals surface area contributed by atoms with Crippen LogP contribution in [0, 0.1) is 23.1 Å². The highest BCUT2D eigenvalue weighted by Gasteiger charge is 2.33. The fourth-order valence-electron chi connectivity index (χ4n) is 2.96. The molecule has 4 heteroatoms. The van der Waals surface area contributed by atoms with Gasteiger partial charge in [-0.05, 0) is 54.2 Å². The van der Waals surface area contributed by atoms with E-state index in [1.165, 1.54) is 18.9 Å². The maximum atomic E-state index is 13.5. The number of hydrogen-bond donors (Lipinski definition) is 2. The van der Waals surface area contributed by atoms with Crippen LogP contribution < -0.4 is 11.5 Å². The van der Waals surface area contributed by atoms with Gasteiger partial charge in [0.05, 0.1) is 22.9 Å².